The van der Waals surface area contributed by atoms with E-state index in [4.69, 9.17) is 12.2 Å². The van der Waals surface area contributed by atoms with Gasteiger partial charge in [0, 0.05) is 17.1 Å². The van der Waals surface area contributed by atoms with Crippen molar-refractivity contribution in [2.75, 3.05) is 0 Å². The summed E-state index contributed by atoms with van der Waals surface area (Å²) in [6.45, 7) is 4.10. The second-order valence-electron chi connectivity index (χ2n) is 3.31. The van der Waals surface area contributed by atoms with Crippen molar-refractivity contribution in [2.45, 2.75) is 13.8 Å². The third kappa shape index (κ3) is 1.40. The number of nitrogens with zero attached hydrogens (tertiary/aromatic N) is 1. The molecular formula is C11H12N2S. The molecule has 0 atom stereocenters. The molecule has 2 nitrogen and oxygen atoms in total. The van der Waals surface area contributed by atoms with Crippen molar-refractivity contribution in [1.29, 1.82) is 0 Å². The highest BCUT2D eigenvalue weighted by Gasteiger charge is 2.04. The lowest BCUT2D eigenvalue weighted by Gasteiger charge is -2.04. The molecule has 0 saturated heterocycles. The monoisotopic (exact) mass is 204 g/mol. The minimum Gasteiger partial charge on any atom is -0.334 e. The predicted molar refractivity (Wildman–Crippen MR) is 60.4 cm³/mol. The van der Waals surface area contributed by atoms with Gasteiger partial charge in [0.05, 0.1) is 0 Å². The van der Waals surface area contributed by atoms with Gasteiger partial charge in [-0.05, 0) is 38.2 Å². The van der Waals surface area contributed by atoms with Crippen LogP contribution in [0.2, 0.25) is 0 Å². The maximum absolute atomic E-state index is 5.25. The fourth-order valence-corrected chi connectivity index (χ4v) is 1.91. The average molecular weight is 204 g/mol. The molecule has 0 aliphatic carbocycles. The highest BCUT2D eigenvalue weighted by Crippen LogP contribution is 2.14. The molecule has 0 fully saturated rings. The zero-order chi connectivity index (χ0) is 10.1. The minimum atomic E-state index is 0.756. The van der Waals surface area contributed by atoms with Crippen LogP contribution in [0.15, 0.2) is 30.3 Å². The molecular weight excluding hydrogens is 192 g/mol. The molecule has 0 bridgehead atoms. The van der Waals surface area contributed by atoms with Gasteiger partial charge in [-0.1, -0.05) is 18.2 Å². The van der Waals surface area contributed by atoms with Crippen LogP contribution in [0, 0.1) is 18.6 Å². The Morgan fingerprint density at radius 3 is 2.29 bits per heavy atom. The highest BCUT2D eigenvalue weighted by atomic mass is 32.1. The summed E-state index contributed by atoms with van der Waals surface area (Å²) in [5.41, 5.74) is 3.40. The average Bonchev–Trinajstić information content (AvgIpc) is 2.43. The van der Waals surface area contributed by atoms with Crippen molar-refractivity contribution in [3.63, 3.8) is 0 Å². The molecule has 1 aromatic heterocycles. The van der Waals surface area contributed by atoms with E-state index in [0.717, 1.165) is 16.2 Å². The van der Waals surface area contributed by atoms with Crippen LogP contribution < -0.4 is 0 Å². The number of aromatic amines is 1. The number of imidazole rings is 1. The molecule has 0 spiro atoms. The summed E-state index contributed by atoms with van der Waals surface area (Å²) in [5, 5.41) is 0. The first kappa shape index (κ1) is 9.21. The molecule has 1 heterocycles. The summed E-state index contributed by atoms with van der Waals surface area (Å²) in [6, 6.07) is 10.1. The SMILES string of the molecule is Cc1[nH]c(=S)n(-c2ccccc2)c1C. The van der Waals surface area contributed by atoms with E-state index in [-0.39, 0.29) is 0 Å². The number of benzene rings is 1. The number of H-pyrrole nitrogens is 1. The van der Waals surface area contributed by atoms with E-state index >= 15 is 0 Å². The number of para-hydroxylation sites is 1. The second-order valence-corrected chi connectivity index (χ2v) is 3.70. The summed E-state index contributed by atoms with van der Waals surface area (Å²) in [6.07, 6.45) is 0. The second kappa shape index (κ2) is 3.42. The zero-order valence-corrected chi connectivity index (χ0v) is 9.06. The van der Waals surface area contributed by atoms with Crippen LogP contribution in [-0.4, -0.2) is 9.55 Å². The molecule has 2 rings (SSSR count). The maximum atomic E-state index is 5.25. The van der Waals surface area contributed by atoms with Crippen LogP contribution >= 0.6 is 12.2 Å². The van der Waals surface area contributed by atoms with Crippen molar-refractivity contribution in [2.24, 2.45) is 0 Å². The van der Waals surface area contributed by atoms with Gasteiger partial charge in [0.25, 0.3) is 0 Å². The topological polar surface area (TPSA) is 20.7 Å². The van der Waals surface area contributed by atoms with E-state index in [0.29, 0.717) is 0 Å². The van der Waals surface area contributed by atoms with Crippen LogP contribution in [0.1, 0.15) is 11.4 Å². The van der Waals surface area contributed by atoms with Gasteiger partial charge in [-0.15, -0.1) is 0 Å². The third-order valence-electron chi connectivity index (χ3n) is 2.39. The van der Waals surface area contributed by atoms with Gasteiger partial charge >= 0.3 is 0 Å². The number of nitrogens with one attached hydrogen (secondary N) is 1. The van der Waals surface area contributed by atoms with E-state index < -0.39 is 0 Å². The summed E-state index contributed by atoms with van der Waals surface area (Å²) in [5.74, 6) is 0. The standard InChI is InChI=1S/C11H12N2S/c1-8-9(2)13(11(14)12-8)10-6-4-3-5-7-10/h3-7H,1-2H3,(H,12,14). The van der Waals surface area contributed by atoms with E-state index in [1.54, 1.807) is 0 Å². The summed E-state index contributed by atoms with van der Waals surface area (Å²) in [7, 11) is 0. The van der Waals surface area contributed by atoms with Crippen LogP contribution in [0.4, 0.5) is 0 Å². The molecule has 14 heavy (non-hydrogen) atoms. The molecule has 0 amide bonds. The Kier molecular flexibility index (Phi) is 2.25. The van der Waals surface area contributed by atoms with Gasteiger partial charge in [0.2, 0.25) is 0 Å². The zero-order valence-electron chi connectivity index (χ0n) is 8.24. The number of aryl methyl sites for hydroxylation is 1. The molecule has 72 valence electrons. The molecule has 3 heteroatoms. The first-order valence-electron chi connectivity index (χ1n) is 4.54. The van der Waals surface area contributed by atoms with E-state index in [1.807, 2.05) is 29.7 Å². The number of aromatic nitrogens is 2. The number of rotatable bonds is 1. The molecule has 0 saturated carbocycles. The van der Waals surface area contributed by atoms with Crippen LogP contribution in [-0.2, 0) is 0 Å². The van der Waals surface area contributed by atoms with E-state index in [2.05, 4.69) is 24.0 Å². The first-order chi connectivity index (χ1) is 6.70. The Morgan fingerprint density at radius 1 is 1.14 bits per heavy atom. The lowest BCUT2D eigenvalue weighted by molar-refractivity contribution is 0.983. The minimum absolute atomic E-state index is 0.756. The maximum Gasteiger partial charge on any atom is 0.182 e. The Balaban J connectivity index is 2.69. The molecule has 0 aliphatic rings. The third-order valence-corrected chi connectivity index (χ3v) is 2.67. The van der Waals surface area contributed by atoms with E-state index in [1.165, 1.54) is 5.69 Å². The number of hydrogen-bond donors (Lipinski definition) is 1. The largest absolute Gasteiger partial charge is 0.334 e. The molecule has 0 radical (unpaired) electrons. The van der Waals surface area contributed by atoms with Crippen LogP contribution in [0.5, 0.6) is 0 Å². The highest BCUT2D eigenvalue weighted by molar-refractivity contribution is 7.71. The van der Waals surface area contributed by atoms with Gasteiger partial charge in [-0.2, -0.15) is 0 Å². The Labute approximate surface area is 88.2 Å². The smallest absolute Gasteiger partial charge is 0.182 e. The van der Waals surface area contributed by atoms with Crippen molar-refractivity contribution in [3.8, 4) is 5.69 Å². The number of hydrogen-bond acceptors (Lipinski definition) is 1. The van der Waals surface area contributed by atoms with Crippen LogP contribution in [0.25, 0.3) is 5.69 Å². The molecule has 2 aromatic rings. The van der Waals surface area contributed by atoms with Gasteiger partial charge in [-0.3, -0.25) is 4.57 Å². The van der Waals surface area contributed by atoms with Crippen molar-refractivity contribution >= 4 is 12.2 Å². The fourth-order valence-electron chi connectivity index (χ4n) is 1.51. The molecule has 0 unspecified atom stereocenters. The first-order valence-corrected chi connectivity index (χ1v) is 4.94. The van der Waals surface area contributed by atoms with Gasteiger partial charge < -0.3 is 4.98 Å². The van der Waals surface area contributed by atoms with Crippen molar-refractivity contribution in [1.82, 2.24) is 9.55 Å². The van der Waals surface area contributed by atoms with Gasteiger partial charge in [-0.25, -0.2) is 0 Å². The van der Waals surface area contributed by atoms with Crippen molar-refractivity contribution < 1.29 is 0 Å². The van der Waals surface area contributed by atoms with Gasteiger partial charge in [0.15, 0.2) is 4.77 Å². The molecule has 1 N–H and O–H groups in total. The summed E-state index contributed by atoms with van der Waals surface area (Å²) in [4.78, 5) is 3.15. The summed E-state index contributed by atoms with van der Waals surface area (Å²) >= 11 is 5.25. The van der Waals surface area contributed by atoms with Crippen LogP contribution in [0.3, 0.4) is 0 Å². The molecule has 1 aromatic carbocycles. The Morgan fingerprint density at radius 2 is 1.79 bits per heavy atom. The predicted octanol–water partition coefficient (Wildman–Crippen LogP) is 3.15. The van der Waals surface area contributed by atoms with Crippen molar-refractivity contribution in [3.05, 3.63) is 46.5 Å². The summed E-state index contributed by atoms with van der Waals surface area (Å²) < 4.78 is 2.80. The normalized spacial score (nSPS) is 10.4. The molecule has 0 aliphatic heterocycles. The quantitative estimate of drug-likeness (QED) is 0.708. The van der Waals surface area contributed by atoms with E-state index in [9.17, 15) is 0 Å². The Hall–Kier alpha value is -1.35. The Bertz CT molecular complexity index is 494. The lowest BCUT2D eigenvalue weighted by Crippen LogP contribution is -1.95. The van der Waals surface area contributed by atoms with Gasteiger partial charge in [0.1, 0.15) is 0 Å². The fraction of sp³-hybridized carbons (Fsp3) is 0.182. The lowest BCUT2D eigenvalue weighted by atomic mass is 10.3.